The zero-order chi connectivity index (χ0) is 49.0. The molecule has 13 rings (SSSR count). The van der Waals surface area contributed by atoms with Crippen molar-refractivity contribution in [1.82, 2.24) is 9.55 Å². The van der Waals surface area contributed by atoms with Gasteiger partial charge in [0.25, 0.3) is 0 Å². The molecule has 0 fully saturated rings. The Morgan fingerprint density at radius 2 is 1.01 bits per heavy atom. The third kappa shape index (κ3) is 7.68. The summed E-state index contributed by atoms with van der Waals surface area (Å²) in [5.74, 6) is 0.901. The summed E-state index contributed by atoms with van der Waals surface area (Å²) in [6, 6.07) is 91.4. The Labute approximate surface area is 428 Å². The molecule has 348 valence electrons. The molecule has 10 aromatic carbocycles. The lowest BCUT2D eigenvalue weighted by atomic mass is 9.34. The van der Waals surface area contributed by atoms with Crippen molar-refractivity contribution in [2.75, 3.05) is 16.5 Å². The monoisotopic (exact) mass is 936 g/mol. The number of hydrogen-bond acceptors (Lipinski definition) is 3. The van der Waals surface area contributed by atoms with Gasteiger partial charge in [0, 0.05) is 39.2 Å². The van der Waals surface area contributed by atoms with Crippen LogP contribution in [-0.4, -0.2) is 22.9 Å². The van der Waals surface area contributed by atoms with Crippen molar-refractivity contribution in [2.24, 2.45) is 0 Å². The second-order valence-corrected chi connectivity index (χ2v) is 20.3. The molecule has 0 spiro atoms. The minimum Gasteiger partial charge on any atom is -0.321 e. The van der Waals surface area contributed by atoms with Crippen LogP contribution in [0.15, 0.2) is 255 Å². The van der Waals surface area contributed by atoms with Gasteiger partial charge in [0.15, 0.2) is 0 Å². The van der Waals surface area contributed by atoms with E-state index in [-0.39, 0.29) is 12.1 Å². The van der Waals surface area contributed by atoms with Crippen molar-refractivity contribution in [2.45, 2.75) is 26.2 Å². The Balaban J connectivity index is 1.05. The molecule has 0 unspecified atom stereocenters. The second-order valence-electron chi connectivity index (χ2n) is 20.3. The first kappa shape index (κ1) is 44.0. The molecule has 0 aliphatic carbocycles. The minimum atomic E-state index is -0.166. The van der Waals surface area contributed by atoms with Crippen LogP contribution < -0.4 is 26.2 Å². The molecule has 73 heavy (non-hydrogen) atoms. The average molecular weight is 937 g/mol. The zero-order valence-corrected chi connectivity index (χ0v) is 41.3. The highest BCUT2D eigenvalue weighted by Crippen LogP contribution is 2.52. The van der Waals surface area contributed by atoms with Gasteiger partial charge in [-0.25, -0.2) is 4.98 Å². The number of hydrogen-bond donors (Lipinski definition) is 0. The molecule has 1 aliphatic heterocycles. The number of rotatable bonds is 9. The predicted molar refractivity (Wildman–Crippen MR) is 311 cm³/mol. The highest BCUT2D eigenvalue weighted by Gasteiger charge is 2.36. The minimum absolute atomic E-state index is 0.150. The Morgan fingerprint density at radius 1 is 0.425 bits per heavy atom. The Bertz CT molecular complexity index is 3930. The zero-order valence-electron chi connectivity index (χ0n) is 41.3. The number of anilines is 4. The molecule has 0 atom stereocenters. The summed E-state index contributed by atoms with van der Waals surface area (Å²) < 4.78 is 2.34. The van der Waals surface area contributed by atoms with Crippen LogP contribution in [-0.2, 0) is 5.41 Å². The summed E-state index contributed by atoms with van der Waals surface area (Å²) in [5, 5.41) is 4.85. The van der Waals surface area contributed by atoms with E-state index in [1.165, 1.54) is 93.9 Å². The highest BCUT2D eigenvalue weighted by molar-refractivity contribution is 6.96. The van der Waals surface area contributed by atoms with Crippen LogP contribution in [0.2, 0.25) is 0 Å². The van der Waals surface area contributed by atoms with Gasteiger partial charge < -0.3 is 9.80 Å². The van der Waals surface area contributed by atoms with E-state index in [9.17, 15) is 0 Å². The van der Waals surface area contributed by atoms with Crippen LogP contribution in [0.4, 0.5) is 22.7 Å². The van der Waals surface area contributed by atoms with Crippen LogP contribution in [0.1, 0.15) is 26.3 Å². The van der Waals surface area contributed by atoms with E-state index in [0.717, 1.165) is 22.5 Å². The van der Waals surface area contributed by atoms with E-state index in [1.54, 1.807) is 0 Å². The molecular formula is C68H53BN4. The van der Waals surface area contributed by atoms with Crippen molar-refractivity contribution >= 4 is 78.4 Å². The summed E-state index contributed by atoms with van der Waals surface area (Å²) in [4.78, 5) is 10.1. The molecule has 4 nitrogen and oxygen atoms in total. The van der Waals surface area contributed by atoms with Gasteiger partial charge in [-0.1, -0.05) is 243 Å². The molecule has 0 saturated carbocycles. The maximum atomic E-state index is 4.93. The fourth-order valence-electron chi connectivity index (χ4n) is 11.7. The van der Waals surface area contributed by atoms with Gasteiger partial charge in [-0.05, 0) is 81.1 Å². The Hall–Kier alpha value is -8.93. The lowest BCUT2D eigenvalue weighted by Crippen LogP contribution is -2.55. The maximum Gasteiger partial charge on any atom is 0.242 e. The van der Waals surface area contributed by atoms with E-state index >= 15 is 0 Å². The van der Waals surface area contributed by atoms with Crippen molar-refractivity contribution in [3.63, 3.8) is 0 Å². The molecule has 0 amide bonds. The third-order valence-corrected chi connectivity index (χ3v) is 14.9. The molecule has 2 aromatic heterocycles. The summed E-state index contributed by atoms with van der Waals surface area (Å²) in [5.41, 5.74) is 19.1. The Kier molecular flexibility index (Phi) is 10.9. The first-order valence-electron chi connectivity index (χ1n) is 25.4. The summed E-state index contributed by atoms with van der Waals surface area (Å²) >= 11 is 0. The first-order chi connectivity index (χ1) is 35.9. The van der Waals surface area contributed by atoms with Crippen molar-refractivity contribution in [3.05, 3.63) is 260 Å². The molecule has 1 aliphatic rings. The topological polar surface area (TPSA) is 24.3 Å². The summed E-state index contributed by atoms with van der Waals surface area (Å²) in [7, 11) is 0. The van der Waals surface area contributed by atoms with Gasteiger partial charge in [0.05, 0.1) is 28.1 Å². The second kappa shape index (κ2) is 18.0. The standard InChI is InChI=1S/C68H53BN4/c1-68(2,3)60-36-21-33-54(47-22-7-4-8-23-47)65(60)69(52-40-41-59-58-32-15-16-37-61(58)73(63(59)45-52)64-38-17-18-43-70-64)51-29-19-30-53(44-51)71-46-72(67-57-31-14-13-28-50(57)39-42-62(67)71)66-55(48-24-9-5-10-25-48)34-20-35-56(66)49-26-11-6-12-27-49/h4-45H,46H2,1-3H3. The van der Waals surface area contributed by atoms with E-state index in [0.29, 0.717) is 6.67 Å². The molecular weight excluding hydrogens is 884 g/mol. The quantitative estimate of drug-likeness (QED) is 0.135. The Morgan fingerprint density at radius 3 is 1.71 bits per heavy atom. The van der Waals surface area contributed by atoms with Crippen LogP contribution in [0.25, 0.3) is 71.8 Å². The fourth-order valence-corrected chi connectivity index (χ4v) is 11.7. The van der Waals surface area contributed by atoms with Crippen LogP contribution >= 0.6 is 0 Å². The number of para-hydroxylation sites is 2. The molecule has 0 N–H and O–H groups in total. The van der Waals surface area contributed by atoms with Crippen LogP contribution in [0.3, 0.4) is 0 Å². The maximum absolute atomic E-state index is 4.93. The molecule has 0 radical (unpaired) electrons. The van der Waals surface area contributed by atoms with Crippen LogP contribution in [0.5, 0.6) is 0 Å². The van der Waals surface area contributed by atoms with Crippen molar-refractivity contribution in [1.29, 1.82) is 0 Å². The summed E-state index contributed by atoms with van der Waals surface area (Å²) in [6.45, 7) is 7.53. The van der Waals surface area contributed by atoms with Gasteiger partial charge in [0.1, 0.15) is 12.5 Å². The lowest BCUT2D eigenvalue weighted by Gasteiger charge is -2.30. The third-order valence-electron chi connectivity index (χ3n) is 14.9. The largest absolute Gasteiger partial charge is 0.321 e. The van der Waals surface area contributed by atoms with Gasteiger partial charge >= 0.3 is 0 Å². The molecule has 5 heteroatoms. The van der Waals surface area contributed by atoms with Crippen molar-refractivity contribution < 1.29 is 0 Å². The van der Waals surface area contributed by atoms with E-state index in [1.807, 2.05) is 12.3 Å². The number of pyridine rings is 1. The SMILES string of the molecule is CC(C)(C)c1cccc(-c2ccccc2)c1B(c1cccc(N2CN(c3c(-c4ccccc4)cccc3-c3ccccc3)c3c2ccc2ccccc32)c1)c1ccc2c3ccccc3n(-c3ccccn3)c2c1. The number of fused-ring (bicyclic) bond motifs is 6. The first-order valence-corrected chi connectivity index (χ1v) is 25.4. The van der Waals surface area contributed by atoms with E-state index in [2.05, 4.69) is 278 Å². The predicted octanol–water partition coefficient (Wildman–Crippen LogP) is 15.4. The van der Waals surface area contributed by atoms with E-state index < -0.39 is 0 Å². The average Bonchev–Trinajstić information content (AvgIpc) is 4.00. The number of nitrogens with zero attached hydrogens (tertiary/aromatic N) is 4. The number of benzene rings is 10. The normalized spacial score (nSPS) is 12.5. The van der Waals surface area contributed by atoms with Gasteiger partial charge in [0.2, 0.25) is 6.71 Å². The van der Waals surface area contributed by atoms with E-state index in [4.69, 9.17) is 4.98 Å². The van der Waals surface area contributed by atoms with Gasteiger partial charge in [-0.2, -0.15) is 0 Å². The lowest BCUT2D eigenvalue weighted by molar-refractivity contribution is 0.594. The van der Waals surface area contributed by atoms with Crippen LogP contribution in [0, 0.1) is 0 Å². The fraction of sp³-hybridized carbons (Fsp3) is 0.0735. The van der Waals surface area contributed by atoms with Gasteiger partial charge in [-0.15, -0.1) is 0 Å². The molecule has 0 saturated heterocycles. The van der Waals surface area contributed by atoms with Crippen molar-refractivity contribution in [3.8, 4) is 39.2 Å². The number of aromatic nitrogens is 2. The van der Waals surface area contributed by atoms with Gasteiger partial charge in [-0.3, -0.25) is 4.57 Å². The summed E-state index contributed by atoms with van der Waals surface area (Å²) in [6.07, 6.45) is 1.89. The highest BCUT2D eigenvalue weighted by atomic mass is 15.4. The molecule has 12 aromatic rings. The molecule has 0 bridgehead atoms. The smallest absolute Gasteiger partial charge is 0.242 e. The molecule has 3 heterocycles.